The first kappa shape index (κ1) is 19.2. The van der Waals surface area contributed by atoms with E-state index in [2.05, 4.69) is 41.7 Å². The summed E-state index contributed by atoms with van der Waals surface area (Å²) in [4.78, 5) is 37.8. The van der Waals surface area contributed by atoms with E-state index in [1.807, 2.05) is 23.8 Å². The number of aromatic nitrogens is 8. The molecule has 10 nitrogen and oxygen atoms in total. The average Bonchev–Trinajstić information content (AvgIpc) is 3.44. The second-order valence-corrected chi connectivity index (χ2v) is 7.39. The number of hydrogen-bond acceptors (Lipinski definition) is 9. The molecule has 4 aromatic heterocycles. The van der Waals surface area contributed by atoms with Gasteiger partial charge in [-0.2, -0.15) is 0 Å². The number of aliphatic imine (C=N–C) groups is 1. The van der Waals surface area contributed by atoms with Gasteiger partial charge in [-0.25, -0.2) is 39.9 Å². The molecule has 4 aromatic rings. The molecule has 0 radical (unpaired) electrons. The van der Waals surface area contributed by atoms with Crippen molar-refractivity contribution < 1.29 is 0 Å². The summed E-state index contributed by atoms with van der Waals surface area (Å²) in [7, 11) is 0. The van der Waals surface area contributed by atoms with Gasteiger partial charge in [-0.15, -0.1) is 0 Å². The Kier molecular flexibility index (Phi) is 5.03. The lowest BCUT2D eigenvalue weighted by molar-refractivity contribution is 0.784. The fourth-order valence-electron chi connectivity index (χ4n) is 3.77. The summed E-state index contributed by atoms with van der Waals surface area (Å²) in [6.45, 7) is 6.37. The van der Waals surface area contributed by atoms with E-state index >= 15 is 0 Å². The molecule has 1 aliphatic heterocycles. The maximum Gasteiger partial charge on any atom is 0.225 e. The highest BCUT2D eigenvalue weighted by atomic mass is 15.3. The first-order chi connectivity index (χ1) is 15.2. The topological polar surface area (TPSA) is 111 Å². The highest BCUT2D eigenvalue weighted by Gasteiger charge is 2.23. The molecule has 1 aliphatic rings. The number of hydrogen-bond donors (Lipinski definition) is 0. The van der Waals surface area contributed by atoms with E-state index in [0.29, 0.717) is 23.8 Å². The summed E-state index contributed by atoms with van der Waals surface area (Å²) in [6, 6.07) is 1.82. The van der Waals surface area contributed by atoms with Gasteiger partial charge in [0.05, 0.1) is 5.56 Å². The molecule has 1 unspecified atom stereocenters. The third-order valence-electron chi connectivity index (χ3n) is 5.34. The average molecular weight is 414 g/mol. The molecular formula is C21H22N10. The van der Waals surface area contributed by atoms with Crippen LogP contribution >= 0.6 is 0 Å². The van der Waals surface area contributed by atoms with E-state index in [0.717, 1.165) is 48.3 Å². The molecule has 1 fully saturated rings. The highest BCUT2D eigenvalue weighted by molar-refractivity contribution is 5.86. The monoisotopic (exact) mass is 414 g/mol. The second kappa shape index (κ2) is 8.13. The zero-order valence-corrected chi connectivity index (χ0v) is 17.4. The summed E-state index contributed by atoms with van der Waals surface area (Å²) in [5.41, 5.74) is 2.28. The van der Waals surface area contributed by atoms with E-state index in [9.17, 15) is 0 Å². The van der Waals surface area contributed by atoms with Gasteiger partial charge in [-0.05, 0) is 26.3 Å². The predicted octanol–water partition coefficient (Wildman–Crippen LogP) is 2.63. The fraction of sp³-hybridized carbons (Fsp3) is 0.333. The van der Waals surface area contributed by atoms with Gasteiger partial charge in [0, 0.05) is 56.6 Å². The molecule has 5 rings (SSSR count). The molecule has 0 spiro atoms. The van der Waals surface area contributed by atoms with Gasteiger partial charge >= 0.3 is 0 Å². The third-order valence-corrected chi connectivity index (χ3v) is 5.34. The number of imidazole rings is 1. The van der Waals surface area contributed by atoms with Gasteiger partial charge < -0.3 is 9.47 Å². The fourth-order valence-corrected chi connectivity index (χ4v) is 3.77. The molecular weight excluding hydrogens is 392 g/mol. The summed E-state index contributed by atoms with van der Waals surface area (Å²) < 4.78 is 2.04. The van der Waals surface area contributed by atoms with E-state index in [1.54, 1.807) is 24.8 Å². The van der Waals surface area contributed by atoms with Crippen LogP contribution in [0.25, 0.3) is 22.6 Å². The van der Waals surface area contributed by atoms with Crippen LogP contribution in [0.4, 0.5) is 11.8 Å². The van der Waals surface area contributed by atoms with E-state index in [1.165, 1.54) is 6.33 Å². The standard InChI is InChI=1S/C21H22N10/c1-3-31-19(16-10-24-14(2)25-11-16)29-17-18(27-13-28-20(17)31)26-9-15-5-8-30(12-15)21-22-6-4-7-23-21/h4,6-7,9-11,13,15H,3,5,8,12H2,1-2H3/b26-9-. The summed E-state index contributed by atoms with van der Waals surface area (Å²) in [5.74, 6) is 3.12. The smallest absolute Gasteiger partial charge is 0.225 e. The zero-order chi connectivity index (χ0) is 21.2. The van der Waals surface area contributed by atoms with E-state index in [-0.39, 0.29) is 0 Å². The van der Waals surface area contributed by atoms with Crippen molar-refractivity contribution in [2.75, 3.05) is 18.0 Å². The largest absolute Gasteiger partial charge is 0.340 e. The maximum absolute atomic E-state index is 4.80. The first-order valence-corrected chi connectivity index (χ1v) is 10.3. The molecule has 0 aromatic carbocycles. The molecule has 10 heteroatoms. The second-order valence-electron chi connectivity index (χ2n) is 7.39. The Hall–Kier alpha value is -3.82. The SMILES string of the molecule is CCn1c(-c2cnc(C)nc2)nc2c(/N=C\C3CCN(c4ncccn4)C3)ncnc21. The molecule has 5 heterocycles. The minimum atomic E-state index is 0.298. The molecule has 0 N–H and O–H groups in total. The van der Waals surface area contributed by atoms with Crippen molar-refractivity contribution in [3.8, 4) is 11.4 Å². The van der Waals surface area contributed by atoms with Crippen molar-refractivity contribution in [2.24, 2.45) is 10.9 Å². The van der Waals surface area contributed by atoms with Crippen LogP contribution in [0.3, 0.4) is 0 Å². The highest BCUT2D eigenvalue weighted by Crippen LogP contribution is 2.28. The minimum absolute atomic E-state index is 0.298. The van der Waals surface area contributed by atoms with Gasteiger partial charge in [-0.3, -0.25) is 0 Å². The Balaban J connectivity index is 1.43. The molecule has 0 bridgehead atoms. The Bertz CT molecular complexity index is 1220. The maximum atomic E-state index is 4.80. The van der Waals surface area contributed by atoms with Crippen LogP contribution in [0.2, 0.25) is 0 Å². The van der Waals surface area contributed by atoms with Gasteiger partial charge in [0.1, 0.15) is 18.0 Å². The number of nitrogens with zero attached hydrogens (tertiary/aromatic N) is 10. The van der Waals surface area contributed by atoms with Gasteiger partial charge in [0.2, 0.25) is 5.95 Å². The molecule has 0 aliphatic carbocycles. The van der Waals surface area contributed by atoms with Crippen molar-refractivity contribution in [3.63, 3.8) is 0 Å². The van der Waals surface area contributed by atoms with Crippen molar-refractivity contribution >= 4 is 29.1 Å². The summed E-state index contributed by atoms with van der Waals surface area (Å²) in [6.07, 6.45) is 11.6. The van der Waals surface area contributed by atoms with Crippen LogP contribution in [-0.2, 0) is 6.54 Å². The summed E-state index contributed by atoms with van der Waals surface area (Å²) in [5, 5.41) is 0. The van der Waals surface area contributed by atoms with E-state index in [4.69, 9.17) is 9.98 Å². The predicted molar refractivity (Wildman–Crippen MR) is 117 cm³/mol. The normalized spacial score (nSPS) is 16.6. The van der Waals surface area contributed by atoms with E-state index < -0.39 is 0 Å². The van der Waals surface area contributed by atoms with Gasteiger partial charge in [0.15, 0.2) is 17.0 Å². The number of rotatable bonds is 5. The van der Waals surface area contributed by atoms with Gasteiger partial charge in [-0.1, -0.05) is 0 Å². The quantitative estimate of drug-likeness (QED) is 0.458. The molecule has 1 saturated heterocycles. The zero-order valence-electron chi connectivity index (χ0n) is 17.4. The number of fused-ring (bicyclic) bond motifs is 1. The van der Waals surface area contributed by atoms with Crippen molar-refractivity contribution in [2.45, 2.75) is 26.8 Å². The summed E-state index contributed by atoms with van der Waals surface area (Å²) >= 11 is 0. The van der Waals surface area contributed by atoms with Crippen LogP contribution in [0.15, 0.2) is 42.2 Å². The minimum Gasteiger partial charge on any atom is -0.340 e. The molecule has 156 valence electrons. The van der Waals surface area contributed by atoms with Crippen LogP contribution in [0.1, 0.15) is 19.2 Å². The molecule has 31 heavy (non-hydrogen) atoms. The molecule has 0 amide bonds. The Morgan fingerprint density at radius 1 is 1.10 bits per heavy atom. The third kappa shape index (κ3) is 3.72. The van der Waals surface area contributed by atoms with Gasteiger partial charge in [0.25, 0.3) is 0 Å². The Labute approximate surface area is 179 Å². The van der Waals surface area contributed by atoms with Crippen molar-refractivity contribution in [1.29, 1.82) is 0 Å². The lowest BCUT2D eigenvalue weighted by atomic mass is 10.1. The molecule has 1 atom stereocenters. The molecule has 0 saturated carbocycles. The van der Waals surface area contributed by atoms with Crippen LogP contribution < -0.4 is 4.90 Å². The van der Waals surface area contributed by atoms with Crippen molar-refractivity contribution in [3.05, 3.63) is 43.0 Å². The number of aryl methyl sites for hydroxylation is 2. The Morgan fingerprint density at radius 3 is 2.68 bits per heavy atom. The van der Waals surface area contributed by atoms with Crippen LogP contribution in [0, 0.1) is 12.8 Å². The Morgan fingerprint density at radius 2 is 1.90 bits per heavy atom. The number of anilines is 1. The van der Waals surface area contributed by atoms with Crippen molar-refractivity contribution in [1.82, 2.24) is 39.5 Å². The van der Waals surface area contributed by atoms with Crippen LogP contribution in [0.5, 0.6) is 0 Å². The lowest BCUT2D eigenvalue weighted by Gasteiger charge is -2.14. The van der Waals surface area contributed by atoms with Crippen LogP contribution in [-0.4, -0.2) is 58.8 Å². The lowest BCUT2D eigenvalue weighted by Crippen LogP contribution is -2.22. The first-order valence-electron chi connectivity index (χ1n) is 10.3.